The smallest absolute Gasteiger partial charge is 0.444 e. The van der Waals surface area contributed by atoms with E-state index in [4.69, 9.17) is 10.5 Å². The van der Waals surface area contributed by atoms with Crippen LogP contribution in [0.15, 0.2) is 12.1 Å². The number of carbonyl (C=O) groups excluding carboxylic acids is 3. The number of nitrogens with two attached hydrogens (primary N) is 1. The van der Waals surface area contributed by atoms with Gasteiger partial charge in [-0.3, -0.25) is 14.5 Å². The molecule has 38 heavy (non-hydrogen) atoms. The van der Waals surface area contributed by atoms with E-state index in [2.05, 4.69) is 9.50 Å². The van der Waals surface area contributed by atoms with Gasteiger partial charge < -0.3 is 20.0 Å². The number of amides is 3. The van der Waals surface area contributed by atoms with Crippen LogP contribution in [-0.4, -0.2) is 60.5 Å². The third kappa shape index (κ3) is 6.10. The zero-order valence-electron chi connectivity index (χ0n) is 20.5. The van der Waals surface area contributed by atoms with Crippen LogP contribution < -0.4 is 15.2 Å². The summed E-state index contributed by atoms with van der Waals surface area (Å²) in [5.41, 5.74) is -2.01. The number of primary amides is 1. The van der Waals surface area contributed by atoms with Gasteiger partial charge in [-0.05, 0) is 57.6 Å². The Morgan fingerprint density at radius 1 is 1.13 bits per heavy atom. The first-order valence-corrected chi connectivity index (χ1v) is 12.8. The van der Waals surface area contributed by atoms with Crippen LogP contribution in [0.1, 0.15) is 45.6 Å². The number of ether oxygens (including phenoxy) is 1. The summed E-state index contributed by atoms with van der Waals surface area (Å²) in [5, 5.41) is 2.33. The average molecular weight is 572 g/mol. The van der Waals surface area contributed by atoms with Crippen LogP contribution in [0.2, 0.25) is 0 Å². The molecule has 1 aromatic carbocycles. The summed E-state index contributed by atoms with van der Waals surface area (Å²) in [7, 11) is -6.27. The van der Waals surface area contributed by atoms with E-state index in [9.17, 15) is 44.8 Å². The number of fused-ring (bicyclic) bond motifs is 2. The van der Waals surface area contributed by atoms with Crippen molar-refractivity contribution < 1.29 is 53.7 Å². The molecule has 0 radical (unpaired) electrons. The highest BCUT2D eigenvalue weighted by Gasteiger charge is 2.53. The lowest BCUT2D eigenvalue weighted by Crippen LogP contribution is -2.57. The van der Waals surface area contributed by atoms with Crippen molar-refractivity contribution in [1.82, 2.24) is 10.2 Å². The first kappa shape index (κ1) is 29.4. The SMILES string of the molecule is CC(C)(C)OC(=O)N1C2CCC(C2)C1C(=O)NC(Cc1ccc(OS(=O)(=O)C(F)(F)F)c(F)c1F)C(N)=O. The normalized spacial score (nSPS) is 22.2. The lowest BCUT2D eigenvalue weighted by atomic mass is 9.97. The van der Waals surface area contributed by atoms with Crippen molar-refractivity contribution in [2.24, 2.45) is 11.7 Å². The molecule has 1 aromatic rings. The first-order valence-electron chi connectivity index (χ1n) is 11.4. The first-order chi connectivity index (χ1) is 17.3. The minimum atomic E-state index is -6.27. The number of nitrogens with one attached hydrogen (secondary N) is 1. The molecule has 0 aromatic heterocycles. The maximum Gasteiger partial charge on any atom is 0.534 e. The molecule has 1 aliphatic carbocycles. The fourth-order valence-corrected chi connectivity index (χ4v) is 5.02. The fourth-order valence-electron chi connectivity index (χ4n) is 4.56. The maximum absolute atomic E-state index is 14.6. The number of halogens is 5. The molecular formula is C22H26F5N3O7S. The molecule has 1 aliphatic heterocycles. The van der Waals surface area contributed by atoms with Gasteiger partial charge >= 0.3 is 21.7 Å². The molecule has 3 N–H and O–H groups in total. The zero-order chi connectivity index (χ0) is 28.8. The summed E-state index contributed by atoms with van der Waals surface area (Å²) in [5.74, 6) is -7.58. The molecule has 16 heteroatoms. The molecule has 1 heterocycles. The van der Waals surface area contributed by atoms with Crippen LogP contribution >= 0.6 is 0 Å². The van der Waals surface area contributed by atoms with Gasteiger partial charge in [0.15, 0.2) is 11.6 Å². The second-order valence-electron chi connectivity index (χ2n) is 10.1. The number of carbonyl (C=O) groups is 3. The summed E-state index contributed by atoms with van der Waals surface area (Å²) in [6.07, 6.45) is 0.351. The predicted octanol–water partition coefficient (Wildman–Crippen LogP) is 2.49. The van der Waals surface area contributed by atoms with E-state index in [1.165, 1.54) is 4.90 Å². The van der Waals surface area contributed by atoms with Crippen molar-refractivity contribution in [2.75, 3.05) is 0 Å². The fraction of sp³-hybridized carbons (Fsp3) is 0.591. The summed E-state index contributed by atoms with van der Waals surface area (Å²) in [6.45, 7) is 4.96. The van der Waals surface area contributed by atoms with Crippen molar-refractivity contribution in [3.8, 4) is 5.75 Å². The van der Waals surface area contributed by atoms with Crippen molar-refractivity contribution in [2.45, 2.75) is 75.7 Å². The number of likely N-dealkylation sites (tertiary alicyclic amines) is 1. The number of alkyl halides is 3. The van der Waals surface area contributed by atoms with Gasteiger partial charge in [0.05, 0.1) is 0 Å². The molecule has 2 bridgehead atoms. The maximum atomic E-state index is 14.6. The lowest BCUT2D eigenvalue weighted by Gasteiger charge is -2.36. The van der Waals surface area contributed by atoms with Crippen molar-refractivity contribution in [3.63, 3.8) is 0 Å². The number of benzene rings is 1. The van der Waals surface area contributed by atoms with Crippen molar-refractivity contribution >= 4 is 28.0 Å². The second kappa shape index (κ2) is 10.2. The standard InChI is InChI=1S/C22H26F5N3O7S/c1-21(2,3)36-20(33)30-12-6-4-11(8-12)17(30)19(32)29-13(18(28)31)9-10-5-7-14(16(24)15(10)23)37-38(34,35)22(25,26)27/h5,7,11-13,17H,4,6,8-9H2,1-3H3,(H2,28,31)(H,29,32). The largest absolute Gasteiger partial charge is 0.534 e. The molecule has 1 saturated carbocycles. The van der Waals surface area contributed by atoms with E-state index in [0.29, 0.717) is 31.4 Å². The van der Waals surface area contributed by atoms with Gasteiger partial charge in [-0.25, -0.2) is 9.18 Å². The number of nitrogens with zero attached hydrogens (tertiary/aromatic N) is 1. The summed E-state index contributed by atoms with van der Waals surface area (Å²) >= 11 is 0. The second-order valence-corrected chi connectivity index (χ2v) is 11.6. The highest BCUT2D eigenvalue weighted by molar-refractivity contribution is 7.88. The molecule has 2 fully saturated rings. The summed E-state index contributed by atoms with van der Waals surface area (Å²) in [6, 6.07) is -1.76. The van der Waals surface area contributed by atoms with E-state index >= 15 is 0 Å². The Labute approximate surface area is 214 Å². The number of hydrogen-bond donors (Lipinski definition) is 2. The Morgan fingerprint density at radius 3 is 2.32 bits per heavy atom. The van der Waals surface area contributed by atoms with E-state index in [-0.39, 0.29) is 12.0 Å². The third-order valence-corrected chi connectivity index (χ3v) is 7.12. The molecule has 3 amide bonds. The lowest BCUT2D eigenvalue weighted by molar-refractivity contribution is -0.132. The van der Waals surface area contributed by atoms with Gasteiger partial charge in [0.2, 0.25) is 17.6 Å². The number of hydrogen-bond acceptors (Lipinski definition) is 7. The van der Waals surface area contributed by atoms with Crippen LogP contribution in [0.4, 0.5) is 26.7 Å². The van der Waals surface area contributed by atoms with Crippen LogP contribution in [0, 0.1) is 17.6 Å². The Morgan fingerprint density at radius 2 is 1.76 bits per heavy atom. The number of rotatable bonds is 7. The third-order valence-electron chi connectivity index (χ3n) is 6.15. The molecule has 1 saturated heterocycles. The quantitative estimate of drug-likeness (QED) is 0.291. The molecule has 3 rings (SSSR count). The predicted molar refractivity (Wildman–Crippen MR) is 120 cm³/mol. The average Bonchev–Trinajstić information content (AvgIpc) is 3.37. The number of piperidine rings is 1. The monoisotopic (exact) mass is 571 g/mol. The molecule has 0 spiro atoms. The molecule has 212 valence electrons. The van der Waals surface area contributed by atoms with Crippen LogP contribution in [0.3, 0.4) is 0 Å². The zero-order valence-corrected chi connectivity index (χ0v) is 21.3. The summed E-state index contributed by atoms with van der Waals surface area (Å²) in [4.78, 5) is 39.2. The molecular weight excluding hydrogens is 545 g/mol. The van der Waals surface area contributed by atoms with E-state index in [1.807, 2.05) is 0 Å². The molecule has 4 unspecified atom stereocenters. The van der Waals surface area contributed by atoms with Gasteiger partial charge in [-0.1, -0.05) is 6.07 Å². The van der Waals surface area contributed by atoms with Crippen molar-refractivity contribution in [3.05, 3.63) is 29.3 Å². The van der Waals surface area contributed by atoms with Gasteiger partial charge in [0.1, 0.15) is 17.7 Å². The highest BCUT2D eigenvalue weighted by atomic mass is 32.2. The topological polar surface area (TPSA) is 145 Å². The van der Waals surface area contributed by atoms with Gasteiger partial charge in [0.25, 0.3) is 0 Å². The van der Waals surface area contributed by atoms with Crippen LogP contribution in [0.25, 0.3) is 0 Å². The molecule has 4 atom stereocenters. The van der Waals surface area contributed by atoms with E-state index in [1.54, 1.807) is 20.8 Å². The Kier molecular flexibility index (Phi) is 7.88. The molecule has 10 nitrogen and oxygen atoms in total. The summed E-state index contributed by atoms with van der Waals surface area (Å²) < 4.78 is 97.7. The van der Waals surface area contributed by atoms with Crippen molar-refractivity contribution in [1.29, 1.82) is 0 Å². The van der Waals surface area contributed by atoms with E-state index < -0.39 is 80.6 Å². The highest BCUT2D eigenvalue weighted by Crippen LogP contribution is 2.43. The van der Waals surface area contributed by atoms with Gasteiger partial charge in [0, 0.05) is 12.5 Å². The Hall–Kier alpha value is -3.17. The van der Waals surface area contributed by atoms with Crippen LogP contribution in [0.5, 0.6) is 5.75 Å². The minimum Gasteiger partial charge on any atom is -0.444 e. The minimum absolute atomic E-state index is 0.234. The van der Waals surface area contributed by atoms with Gasteiger partial charge in [-0.2, -0.15) is 26.0 Å². The Bertz CT molecular complexity index is 1230. The van der Waals surface area contributed by atoms with E-state index in [0.717, 1.165) is 0 Å². The van der Waals surface area contributed by atoms with Crippen LogP contribution in [-0.2, 0) is 30.9 Å². The Balaban J connectivity index is 1.79. The molecule has 2 aliphatic rings. The van der Waals surface area contributed by atoms with Gasteiger partial charge in [-0.15, -0.1) is 0 Å².